The number of nitrogens with one attached hydrogen (secondary N) is 1. The van der Waals surface area contributed by atoms with Gasteiger partial charge in [0.2, 0.25) is 0 Å². The van der Waals surface area contributed by atoms with Gasteiger partial charge in [-0.05, 0) is 38.5 Å². The van der Waals surface area contributed by atoms with E-state index in [1.807, 2.05) is 12.1 Å². The molecule has 0 aliphatic heterocycles. The Morgan fingerprint density at radius 1 is 1.13 bits per heavy atom. The van der Waals surface area contributed by atoms with Gasteiger partial charge >= 0.3 is 5.97 Å². The molecule has 1 aromatic carbocycles. The lowest BCUT2D eigenvalue weighted by Gasteiger charge is -2.09. The van der Waals surface area contributed by atoms with Gasteiger partial charge in [-0.3, -0.25) is 14.3 Å². The molecule has 0 aliphatic carbocycles. The zero-order valence-electron chi connectivity index (χ0n) is 17.9. The molecule has 0 bridgehead atoms. The number of anilines is 1. The second-order valence-electron chi connectivity index (χ2n) is 6.76. The van der Waals surface area contributed by atoms with E-state index in [0.717, 1.165) is 16.9 Å². The first kappa shape index (κ1) is 22.2. The van der Waals surface area contributed by atoms with Crippen molar-refractivity contribution in [2.24, 2.45) is 7.05 Å². The number of amides is 1. The minimum Gasteiger partial charge on any atom is -0.497 e. The Labute approximate surface area is 183 Å². The van der Waals surface area contributed by atoms with Crippen molar-refractivity contribution >= 4 is 34.0 Å². The number of esters is 1. The summed E-state index contributed by atoms with van der Waals surface area (Å²) in [5.41, 5.74) is 2.88. The first-order chi connectivity index (χ1) is 14.8. The standard InChI is InChI=1S/C22H23N3O5S/c1-6-30-22(28)18-16(14-7-9-15(29-5)10-8-14)11-31-21(18)23-20(27)19(26)17-12(2)24-25(4)13(17)3/h7-11H,6H2,1-5H3,(H,23,27). The number of carbonyl (C=O) groups excluding carboxylic acids is 3. The van der Waals surface area contributed by atoms with E-state index in [1.54, 1.807) is 57.1 Å². The van der Waals surface area contributed by atoms with E-state index in [2.05, 4.69) is 10.4 Å². The summed E-state index contributed by atoms with van der Waals surface area (Å²) in [6.45, 7) is 5.27. The Balaban J connectivity index is 1.96. The maximum Gasteiger partial charge on any atom is 0.341 e. The Bertz CT molecular complexity index is 1140. The number of aromatic nitrogens is 2. The van der Waals surface area contributed by atoms with Crippen LogP contribution < -0.4 is 10.1 Å². The highest BCUT2D eigenvalue weighted by atomic mass is 32.1. The second-order valence-corrected chi connectivity index (χ2v) is 7.63. The van der Waals surface area contributed by atoms with E-state index in [4.69, 9.17) is 9.47 Å². The smallest absolute Gasteiger partial charge is 0.341 e. The third-order valence-electron chi connectivity index (χ3n) is 4.84. The van der Waals surface area contributed by atoms with Crippen molar-refractivity contribution in [2.45, 2.75) is 20.8 Å². The summed E-state index contributed by atoms with van der Waals surface area (Å²) < 4.78 is 11.9. The third-order valence-corrected chi connectivity index (χ3v) is 5.74. The number of aryl methyl sites for hydroxylation is 2. The van der Waals surface area contributed by atoms with Crippen molar-refractivity contribution in [3.8, 4) is 16.9 Å². The van der Waals surface area contributed by atoms with Crippen LogP contribution in [0.15, 0.2) is 29.6 Å². The van der Waals surface area contributed by atoms with Crippen LogP contribution in [0, 0.1) is 13.8 Å². The fourth-order valence-corrected chi connectivity index (χ4v) is 4.17. The SMILES string of the molecule is CCOC(=O)c1c(-c2ccc(OC)cc2)csc1NC(=O)C(=O)c1c(C)nn(C)c1C. The summed E-state index contributed by atoms with van der Waals surface area (Å²) in [6, 6.07) is 7.17. The van der Waals surface area contributed by atoms with Crippen LogP contribution in [0.1, 0.15) is 39.0 Å². The number of Topliss-reactive ketones (excluding diaryl/α,β-unsaturated/α-hetero) is 1. The topological polar surface area (TPSA) is 99.5 Å². The van der Waals surface area contributed by atoms with Crippen LogP contribution in [0.2, 0.25) is 0 Å². The van der Waals surface area contributed by atoms with E-state index in [-0.39, 0.29) is 22.7 Å². The maximum atomic E-state index is 12.8. The number of carbonyl (C=O) groups is 3. The van der Waals surface area contributed by atoms with Crippen LogP contribution in [0.3, 0.4) is 0 Å². The molecular weight excluding hydrogens is 418 g/mol. The van der Waals surface area contributed by atoms with Crippen molar-refractivity contribution in [2.75, 3.05) is 19.0 Å². The highest BCUT2D eigenvalue weighted by Gasteiger charge is 2.28. The van der Waals surface area contributed by atoms with Crippen molar-refractivity contribution in [3.63, 3.8) is 0 Å². The molecule has 1 N–H and O–H groups in total. The Morgan fingerprint density at radius 2 is 1.81 bits per heavy atom. The quantitative estimate of drug-likeness (QED) is 0.340. The van der Waals surface area contributed by atoms with Crippen LogP contribution in [0.4, 0.5) is 5.00 Å². The third kappa shape index (κ3) is 4.36. The Morgan fingerprint density at radius 3 is 2.35 bits per heavy atom. The second kappa shape index (κ2) is 9.13. The highest BCUT2D eigenvalue weighted by Crippen LogP contribution is 2.37. The molecule has 3 aromatic rings. The number of ketones is 1. The van der Waals surface area contributed by atoms with Crippen LogP contribution in [0.5, 0.6) is 5.75 Å². The molecule has 0 saturated carbocycles. The summed E-state index contributed by atoms with van der Waals surface area (Å²) in [5, 5.41) is 8.77. The molecule has 0 atom stereocenters. The summed E-state index contributed by atoms with van der Waals surface area (Å²) in [5.74, 6) is -1.45. The minimum absolute atomic E-state index is 0.178. The largest absolute Gasteiger partial charge is 0.497 e. The number of nitrogens with zero attached hydrogens (tertiary/aromatic N) is 2. The van der Waals surface area contributed by atoms with Gasteiger partial charge in [0.05, 0.1) is 25.0 Å². The molecule has 8 nitrogen and oxygen atoms in total. The zero-order chi connectivity index (χ0) is 22.7. The van der Waals surface area contributed by atoms with Crippen molar-refractivity contribution in [3.05, 3.63) is 52.2 Å². The van der Waals surface area contributed by atoms with Gasteiger partial charge in [-0.15, -0.1) is 11.3 Å². The number of benzene rings is 1. The number of ether oxygens (including phenoxy) is 2. The van der Waals surface area contributed by atoms with E-state index in [1.165, 1.54) is 0 Å². The van der Waals surface area contributed by atoms with Gasteiger partial charge in [0, 0.05) is 23.7 Å². The van der Waals surface area contributed by atoms with Crippen molar-refractivity contribution in [1.29, 1.82) is 0 Å². The monoisotopic (exact) mass is 441 g/mol. The molecule has 2 heterocycles. The Hall–Kier alpha value is -3.46. The molecule has 0 fully saturated rings. The summed E-state index contributed by atoms with van der Waals surface area (Å²) in [7, 11) is 3.27. The fourth-order valence-electron chi connectivity index (χ4n) is 3.21. The van der Waals surface area contributed by atoms with E-state index < -0.39 is 17.7 Å². The lowest BCUT2D eigenvalue weighted by Crippen LogP contribution is -2.24. The molecule has 162 valence electrons. The van der Waals surface area contributed by atoms with E-state index in [9.17, 15) is 14.4 Å². The average molecular weight is 442 g/mol. The number of methoxy groups -OCH3 is 1. The highest BCUT2D eigenvalue weighted by molar-refractivity contribution is 7.15. The predicted molar refractivity (Wildman–Crippen MR) is 118 cm³/mol. The first-order valence-electron chi connectivity index (χ1n) is 9.57. The first-order valence-corrected chi connectivity index (χ1v) is 10.4. The van der Waals surface area contributed by atoms with Gasteiger partial charge in [-0.25, -0.2) is 4.79 Å². The number of hydrogen-bond acceptors (Lipinski definition) is 7. The molecular formula is C22H23N3O5S. The van der Waals surface area contributed by atoms with Crippen LogP contribution in [0.25, 0.3) is 11.1 Å². The molecule has 31 heavy (non-hydrogen) atoms. The van der Waals surface area contributed by atoms with Gasteiger partial charge in [-0.1, -0.05) is 12.1 Å². The molecule has 2 aromatic heterocycles. The molecule has 0 unspecified atom stereocenters. The van der Waals surface area contributed by atoms with Gasteiger partial charge in [0.1, 0.15) is 16.3 Å². The van der Waals surface area contributed by atoms with Gasteiger partial charge in [-0.2, -0.15) is 5.10 Å². The number of rotatable bonds is 7. The number of thiophene rings is 1. The van der Waals surface area contributed by atoms with Gasteiger partial charge < -0.3 is 14.8 Å². The summed E-state index contributed by atoms with van der Waals surface area (Å²) in [6.07, 6.45) is 0. The van der Waals surface area contributed by atoms with Crippen LogP contribution >= 0.6 is 11.3 Å². The molecule has 0 spiro atoms. The number of hydrogen-bond donors (Lipinski definition) is 1. The maximum absolute atomic E-state index is 12.8. The fraction of sp³-hybridized carbons (Fsp3) is 0.273. The molecule has 1 amide bonds. The lowest BCUT2D eigenvalue weighted by atomic mass is 10.0. The van der Waals surface area contributed by atoms with Gasteiger partial charge in [0.25, 0.3) is 11.7 Å². The van der Waals surface area contributed by atoms with Crippen LogP contribution in [-0.2, 0) is 16.6 Å². The molecule has 0 radical (unpaired) electrons. The normalized spacial score (nSPS) is 10.6. The van der Waals surface area contributed by atoms with E-state index >= 15 is 0 Å². The summed E-state index contributed by atoms with van der Waals surface area (Å²) >= 11 is 1.15. The molecule has 0 saturated heterocycles. The average Bonchev–Trinajstić information content (AvgIpc) is 3.27. The summed E-state index contributed by atoms with van der Waals surface area (Å²) in [4.78, 5) is 38.2. The molecule has 0 aliphatic rings. The van der Waals surface area contributed by atoms with E-state index in [0.29, 0.717) is 22.7 Å². The van der Waals surface area contributed by atoms with Crippen LogP contribution in [-0.4, -0.2) is 41.2 Å². The zero-order valence-corrected chi connectivity index (χ0v) is 18.8. The Kier molecular flexibility index (Phi) is 6.55. The molecule has 9 heteroatoms. The predicted octanol–water partition coefficient (Wildman–Crippen LogP) is 3.77. The van der Waals surface area contributed by atoms with Crippen molar-refractivity contribution < 1.29 is 23.9 Å². The molecule has 3 rings (SSSR count). The minimum atomic E-state index is -0.840. The van der Waals surface area contributed by atoms with Crippen molar-refractivity contribution in [1.82, 2.24) is 9.78 Å². The van der Waals surface area contributed by atoms with Gasteiger partial charge in [0.15, 0.2) is 0 Å². The lowest BCUT2D eigenvalue weighted by molar-refractivity contribution is -0.112.